The van der Waals surface area contributed by atoms with Gasteiger partial charge in [-0.15, -0.1) is 0 Å². The Labute approximate surface area is 250 Å². The lowest BCUT2D eigenvalue weighted by Gasteiger charge is -2.36. The molecule has 0 N–H and O–H groups in total. The Hall–Kier alpha value is -1.34. The minimum atomic E-state index is 0.224. The molecule has 3 fully saturated rings. The van der Waals surface area contributed by atoms with E-state index in [1.165, 1.54) is 45.1 Å². The highest BCUT2D eigenvalue weighted by molar-refractivity contribution is 6.42. The zero-order chi connectivity index (χ0) is 28.1. The minimum Gasteiger partial charge on any atom is -0.381 e. The number of methoxy groups -OCH3 is 1. The van der Waals surface area contributed by atoms with E-state index in [2.05, 4.69) is 21.9 Å². The summed E-state index contributed by atoms with van der Waals surface area (Å²) in [6.45, 7) is 7.34. The number of halogens is 2. The van der Waals surface area contributed by atoms with E-state index in [0.29, 0.717) is 33.4 Å². The highest BCUT2D eigenvalue weighted by Crippen LogP contribution is 2.36. The summed E-state index contributed by atoms with van der Waals surface area (Å²) >= 11 is 12.4. The summed E-state index contributed by atoms with van der Waals surface area (Å²) in [5, 5.41) is 6.27. The molecule has 5 rings (SSSR count). The van der Waals surface area contributed by atoms with Crippen molar-refractivity contribution in [2.45, 2.75) is 90.1 Å². The van der Waals surface area contributed by atoms with Gasteiger partial charge in [0, 0.05) is 51.7 Å². The first kappa shape index (κ1) is 30.1. The number of fused-ring (bicyclic) bond motifs is 1. The van der Waals surface area contributed by atoms with Gasteiger partial charge in [0.1, 0.15) is 5.78 Å². The molecule has 1 saturated heterocycles. The fraction of sp³-hybridized carbons (Fsp3) is 0.750. The molecule has 0 amide bonds. The van der Waals surface area contributed by atoms with Crippen LogP contribution in [-0.2, 0) is 9.53 Å². The highest BCUT2D eigenvalue weighted by Gasteiger charge is 2.27. The normalized spacial score (nSPS) is 27.2. The molecule has 0 radical (unpaired) electrons. The van der Waals surface area contributed by atoms with Crippen LogP contribution in [0.15, 0.2) is 16.7 Å². The summed E-state index contributed by atoms with van der Waals surface area (Å²) in [5.74, 6) is 3.84. The molecule has 0 spiro atoms. The van der Waals surface area contributed by atoms with Gasteiger partial charge < -0.3 is 14.2 Å². The first-order valence-corrected chi connectivity index (χ1v) is 16.4. The van der Waals surface area contributed by atoms with Crippen LogP contribution in [0.2, 0.25) is 10.0 Å². The van der Waals surface area contributed by atoms with Gasteiger partial charge in [0.05, 0.1) is 21.5 Å². The number of anilines is 1. The Bertz CT molecular complexity index is 1100. The predicted molar refractivity (Wildman–Crippen MR) is 164 cm³/mol. The van der Waals surface area contributed by atoms with E-state index in [9.17, 15) is 4.79 Å². The number of benzene rings is 1. The van der Waals surface area contributed by atoms with E-state index in [-0.39, 0.29) is 5.92 Å². The maximum Gasteiger partial charge on any atom is 0.180 e. The molecular formula is C32H47Cl2N3O3. The molecule has 0 bridgehead atoms. The van der Waals surface area contributed by atoms with Crippen molar-refractivity contribution in [2.75, 3.05) is 44.7 Å². The molecule has 8 heteroatoms. The van der Waals surface area contributed by atoms with Crippen molar-refractivity contribution < 1.29 is 14.1 Å². The zero-order valence-electron chi connectivity index (χ0n) is 24.4. The zero-order valence-corrected chi connectivity index (χ0v) is 25.9. The summed E-state index contributed by atoms with van der Waals surface area (Å²) in [5.41, 5.74) is 0.684. The summed E-state index contributed by atoms with van der Waals surface area (Å²) in [4.78, 5) is 17.7. The average molecular weight is 593 g/mol. The van der Waals surface area contributed by atoms with Crippen molar-refractivity contribution in [2.24, 2.45) is 23.7 Å². The number of ketones is 1. The molecule has 222 valence electrons. The van der Waals surface area contributed by atoms with Gasteiger partial charge in [-0.25, -0.2) is 0 Å². The number of carbonyl (C=O) groups is 1. The molecular weight excluding hydrogens is 545 g/mol. The van der Waals surface area contributed by atoms with Crippen LogP contribution in [0.5, 0.6) is 0 Å². The fourth-order valence-corrected chi connectivity index (χ4v) is 7.53. The smallest absolute Gasteiger partial charge is 0.180 e. The van der Waals surface area contributed by atoms with E-state index >= 15 is 0 Å². The number of ether oxygens (including phenoxy) is 1. The summed E-state index contributed by atoms with van der Waals surface area (Å²) in [6.07, 6.45) is 14.7. The van der Waals surface area contributed by atoms with Gasteiger partial charge in [0.2, 0.25) is 0 Å². The largest absolute Gasteiger partial charge is 0.381 e. The van der Waals surface area contributed by atoms with Gasteiger partial charge in [0.25, 0.3) is 0 Å². The fourth-order valence-electron chi connectivity index (χ4n) is 7.21. The van der Waals surface area contributed by atoms with Crippen LogP contribution >= 0.6 is 23.2 Å². The summed E-state index contributed by atoms with van der Waals surface area (Å²) < 4.78 is 11.0. The standard InChI is InChI=1S/C32H47Cl2N3O3/c1-22(30(38)19-25-9-11-26(39-2)12-10-25)3-4-23-5-7-24(8-6-23)13-14-36-15-17-37(18-16-36)32-27-20-28(33)29(34)21-31(27)40-35-32/h20-26H,3-19H2,1-2H3. The molecule has 2 aromatic rings. The third-order valence-electron chi connectivity index (χ3n) is 10.2. The molecule has 3 aliphatic rings. The summed E-state index contributed by atoms with van der Waals surface area (Å²) in [6, 6.07) is 3.61. The second-order valence-electron chi connectivity index (χ2n) is 12.8. The lowest BCUT2D eigenvalue weighted by Crippen LogP contribution is -2.47. The minimum absolute atomic E-state index is 0.224. The van der Waals surface area contributed by atoms with Crippen LogP contribution in [0.1, 0.15) is 84.0 Å². The van der Waals surface area contributed by atoms with Crippen molar-refractivity contribution in [3.63, 3.8) is 0 Å². The Morgan fingerprint density at radius 1 is 0.950 bits per heavy atom. The Balaban J connectivity index is 0.957. The number of nitrogens with zero attached hydrogens (tertiary/aromatic N) is 3. The quantitative estimate of drug-likeness (QED) is 0.263. The van der Waals surface area contributed by atoms with E-state index in [1.807, 2.05) is 13.2 Å². The average Bonchev–Trinajstić information content (AvgIpc) is 3.38. The van der Waals surface area contributed by atoms with Crippen LogP contribution in [0, 0.1) is 23.7 Å². The van der Waals surface area contributed by atoms with Gasteiger partial charge in [-0.05, 0) is 75.3 Å². The third kappa shape index (κ3) is 7.73. The van der Waals surface area contributed by atoms with Gasteiger partial charge in [-0.3, -0.25) is 9.69 Å². The first-order chi connectivity index (χ1) is 19.4. The van der Waals surface area contributed by atoms with Crippen LogP contribution in [0.25, 0.3) is 11.0 Å². The Morgan fingerprint density at radius 3 is 2.25 bits per heavy atom. The van der Waals surface area contributed by atoms with Gasteiger partial charge in [-0.2, -0.15) is 0 Å². The molecule has 2 saturated carbocycles. The SMILES string of the molecule is COC1CCC(CC(=O)C(C)CCC2CCC(CCN3CCN(c4noc5cc(Cl)c(Cl)cc45)CC3)CC2)CC1. The van der Waals surface area contributed by atoms with Crippen LogP contribution in [0.4, 0.5) is 5.82 Å². The van der Waals surface area contributed by atoms with E-state index in [1.54, 1.807) is 6.07 Å². The second-order valence-corrected chi connectivity index (χ2v) is 13.6. The van der Waals surface area contributed by atoms with Crippen molar-refractivity contribution in [3.8, 4) is 0 Å². The van der Waals surface area contributed by atoms with Crippen molar-refractivity contribution in [1.29, 1.82) is 0 Å². The van der Waals surface area contributed by atoms with Gasteiger partial charge >= 0.3 is 0 Å². The predicted octanol–water partition coefficient (Wildman–Crippen LogP) is 8.03. The molecule has 1 unspecified atom stereocenters. The second kappa shape index (κ2) is 14.2. The number of aromatic nitrogens is 1. The molecule has 1 aliphatic heterocycles. The molecule has 1 aromatic carbocycles. The highest BCUT2D eigenvalue weighted by atomic mass is 35.5. The number of Topliss-reactive ketones (excluding diaryl/α,β-unsaturated/α-hetero) is 1. The van der Waals surface area contributed by atoms with Crippen molar-refractivity contribution >= 4 is 45.8 Å². The molecule has 1 atom stereocenters. The third-order valence-corrected chi connectivity index (χ3v) is 10.9. The number of carbonyl (C=O) groups excluding carboxylic acids is 1. The Kier molecular flexibility index (Phi) is 10.7. The molecule has 40 heavy (non-hydrogen) atoms. The van der Waals surface area contributed by atoms with E-state index < -0.39 is 0 Å². The maximum absolute atomic E-state index is 12.8. The molecule has 6 nitrogen and oxygen atoms in total. The van der Waals surface area contributed by atoms with Crippen LogP contribution in [0.3, 0.4) is 0 Å². The number of hydrogen-bond donors (Lipinski definition) is 0. The number of hydrogen-bond acceptors (Lipinski definition) is 6. The topological polar surface area (TPSA) is 58.8 Å². The lowest BCUT2D eigenvalue weighted by atomic mass is 9.77. The molecule has 2 heterocycles. The Morgan fingerprint density at radius 2 is 1.57 bits per heavy atom. The first-order valence-electron chi connectivity index (χ1n) is 15.7. The van der Waals surface area contributed by atoms with Gasteiger partial charge in [-0.1, -0.05) is 61.0 Å². The van der Waals surface area contributed by atoms with Crippen LogP contribution in [-0.4, -0.2) is 61.8 Å². The maximum atomic E-state index is 12.8. The molecule has 2 aliphatic carbocycles. The van der Waals surface area contributed by atoms with Crippen molar-refractivity contribution in [1.82, 2.24) is 10.1 Å². The summed E-state index contributed by atoms with van der Waals surface area (Å²) in [7, 11) is 1.81. The van der Waals surface area contributed by atoms with Crippen molar-refractivity contribution in [3.05, 3.63) is 22.2 Å². The number of piperazine rings is 1. The lowest BCUT2D eigenvalue weighted by molar-refractivity contribution is -0.124. The molecule has 1 aromatic heterocycles. The van der Waals surface area contributed by atoms with E-state index in [0.717, 1.165) is 87.7 Å². The van der Waals surface area contributed by atoms with Crippen LogP contribution < -0.4 is 4.90 Å². The number of rotatable bonds is 11. The van der Waals surface area contributed by atoms with E-state index in [4.69, 9.17) is 32.5 Å². The monoisotopic (exact) mass is 591 g/mol. The van der Waals surface area contributed by atoms with Gasteiger partial charge in [0.15, 0.2) is 11.4 Å².